The third kappa shape index (κ3) is 4.80. The van der Waals surface area contributed by atoms with Crippen LogP contribution in [0.5, 0.6) is 0 Å². The van der Waals surface area contributed by atoms with E-state index in [2.05, 4.69) is 36.1 Å². The highest BCUT2D eigenvalue weighted by Gasteiger charge is 2.28. The Morgan fingerprint density at radius 3 is 2.50 bits per heavy atom. The number of nitrogens with one attached hydrogen (secondary N) is 1. The van der Waals surface area contributed by atoms with Gasteiger partial charge in [-0.3, -0.25) is 9.59 Å². The summed E-state index contributed by atoms with van der Waals surface area (Å²) in [6.07, 6.45) is 1.69. The van der Waals surface area contributed by atoms with Gasteiger partial charge in [0.25, 0.3) is 11.5 Å². The summed E-state index contributed by atoms with van der Waals surface area (Å²) in [7, 11) is 0. The van der Waals surface area contributed by atoms with E-state index >= 15 is 0 Å². The van der Waals surface area contributed by atoms with E-state index in [9.17, 15) is 9.59 Å². The predicted octanol–water partition coefficient (Wildman–Crippen LogP) is 4.19. The van der Waals surface area contributed by atoms with Gasteiger partial charge in [-0.25, -0.2) is 9.67 Å². The maximum Gasteiger partial charge on any atom is 0.281 e. The maximum absolute atomic E-state index is 13.3. The number of aromatic nitrogens is 5. The van der Waals surface area contributed by atoms with Gasteiger partial charge in [0.05, 0.1) is 6.54 Å². The molecule has 8 heteroatoms. The van der Waals surface area contributed by atoms with E-state index in [-0.39, 0.29) is 28.3 Å². The van der Waals surface area contributed by atoms with Gasteiger partial charge >= 0.3 is 0 Å². The summed E-state index contributed by atoms with van der Waals surface area (Å²) in [6.45, 7) is 10.2. The van der Waals surface area contributed by atoms with Crippen molar-refractivity contribution in [3.8, 4) is 0 Å². The third-order valence-electron chi connectivity index (χ3n) is 6.94. The van der Waals surface area contributed by atoms with Crippen LogP contribution in [0.25, 0.3) is 11.2 Å². The Balaban J connectivity index is 1.38. The molecule has 0 spiro atoms. The standard InChI is InChI=1S/C28H32N6O2/c1-18-7-9-19(10-8-18)16-34-25-23(31-32-34)26(35)30-24(29-25)21-6-5-15-33(17-21)27(36)20-11-13-22(14-12-20)28(2,3)4/h7-14,21H,5-6,15-17H2,1-4H3,(H,29,30,35). The fourth-order valence-electron chi connectivity index (χ4n) is 4.73. The monoisotopic (exact) mass is 484 g/mol. The van der Waals surface area contributed by atoms with E-state index in [0.717, 1.165) is 18.4 Å². The molecule has 8 nitrogen and oxygen atoms in total. The molecule has 186 valence electrons. The molecule has 1 fully saturated rings. The normalized spacial score (nSPS) is 16.4. The van der Waals surface area contributed by atoms with Crippen LogP contribution in [-0.4, -0.2) is 48.9 Å². The molecule has 1 saturated heterocycles. The van der Waals surface area contributed by atoms with Crippen LogP contribution in [0, 0.1) is 6.92 Å². The van der Waals surface area contributed by atoms with Crippen LogP contribution in [0.2, 0.25) is 0 Å². The van der Waals surface area contributed by atoms with Crippen molar-refractivity contribution in [2.45, 2.75) is 58.4 Å². The minimum Gasteiger partial charge on any atom is -0.338 e. The summed E-state index contributed by atoms with van der Waals surface area (Å²) >= 11 is 0. The van der Waals surface area contributed by atoms with Gasteiger partial charge in [-0.05, 0) is 48.4 Å². The number of aromatic amines is 1. The SMILES string of the molecule is Cc1ccc(Cn2nnc3c(=O)[nH]c(C4CCCN(C(=O)c5ccc(C(C)(C)C)cc5)C4)nc32)cc1. The molecular formula is C28H32N6O2. The van der Waals surface area contributed by atoms with Crippen LogP contribution in [0.15, 0.2) is 53.3 Å². The first-order valence-electron chi connectivity index (χ1n) is 12.5. The van der Waals surface area contributed by atoms with E-state index < -0.39 is 0 Å². The molecule has 1 aliphatic heterocycles. The van der Waals surface area contributed by atoms with Crippen LogP contribution < -0.4 is 5.56 Å². The average Bonchev–Trinajstić information content (AvgIpc) is 3.28. The fourth-order valence-corrected chi connectivity index (χ4v) is 4.73. The molecule has 4 aromatic rings. The second kappa shape index (κ2) is 9.33. The van der Waals surface area contributed by atoms with Crippen molar-refractivity contribution in [3.05, 3.63) is 87.0 Å². The molecule has 1 atom stereocenters. The van der Waals surface area contributed by atoms with Crippen LogP contribution >= 0.6 is 0 Å². The number of hydrogen-bond donors (Lipinski definition) is 1. The highest BCUT2D eigenvalue weighted by Crippen LogP contribution is 2.27. The van der Waals surface area contributed by atoms with E-state index in [4.69, 9.17) is 4.98 Å². The zero-order chi connectivity index (χ0) is 25.4. The van der Waals surface area contributed by atoms with Crippen molar-refractivity contribution < 1.29 is 4.79 Å². The molecule has 0 radical (unpaired) electrons. The zero-order valence-corrected chi connectivity index (χ0v) is 21.3. The summed E-state index contributed by atoms with van der Waals surface area (Å²) in [5.74, 6) is 0.534. The number of nitrogens with zero attached hydrogens (tertiary/aromatic N) is 5. The van der Waals surface area contributed by atoms with Gasteiger partial charge in [-0.1, -0.05) is 67.9 Å². The number of hydrogen-bond acceptors (Lipinski definition) is 5. The van der Waals surface area contributed by atoms with Gasteiger partial charge in [-0.15, -0.1) is 5.10 Å². The maximum atomic E-state index is 13.3. The summed E-state index contributed by atoms with van der Waals surface area (Å²) < 4.78 is 1.67. The topological polar surface area (TPSA) is 96.8 Å². The van der Waals surface area contributed by atoms with Crippen molar-refractivity contribution in [3.63, 3.8) is 0 Å². The Bertz CT molecular complexity index is 1440. The van der Waals surface area contributed by atoms with E-state index in [0.29, 0.717) is 36.7 Å². The van der Waals surface area contributed by atoms with Gasteiger partial charge < -0.3 is 9.88 Å². The summed E-state index contributed by atoms with van der Waals surface area (Å²) in [5.41, 5.74) is 4.55. The molecule has 3 heterocycles. The van der Waals surface area contributed by atoms with Crippen molar-refractivity contribution >= 4 is 17.1 Å². The van der Waals surface area contributed by atoms with E-state index in [1.807, 2.05) is 60.4 Å². The average molecular weight is 485 g/mol. The summed E-state index contributed by atoms with van der Waals surface area (Å²) in [6, 6.07) is 16.1. The van der Waals surface area contributed by atoms with Gasteiger partial charge in [-0.2, -0.15) is 0 Å². The minimum absolute atomic E-state index is 0.00895. The number of piperidine rings is 1. The lowest BCUT2D eigenvalue weighted by Gasteiger charge is -2.32. The van der Waals surface area contributed by atoms with Crippen molar-refractivity contribution in [1.82, 2.24) is 29.9 Å². The molecule has 0 bridgehead atoms. The lowest BCUT2D eigenvalue weighted by atomic mass is 9.86. The van der Waals surface area contributed by atoms with Crippen LogP contribution in [0.1, 0.15) is 72.4 Å². The lowest BCUT2D eigenvalue weighted by Crippen LogP contribution is -2.40. The van der Waals surface area contributed by atoms with Crippen LogP contribution in [-0.2, 0) is 12.0 Å². The molecule has 1 amide bonds. The van der Waals surface area contributed by atoms with Crippen LogP contribution in [0.4, 0.5) is 0 Å². The number of fused-ring (bicyclic) bond motifs is 1. The molecule has 2 aromatic carbocycles. The van der Waals surface area contributed by atoms with E-state index in [1.54, 1.807) is 4.68 Å². The van der Waals surface area contributed by atoms with Crippen molar-refractivity contribution in [1.29, 1.82) is 0 Å². The molecule has 0 saturated carbocycles. The predicted molar refractivity (Wildman–Crippen MR) is 139 cm³/mol. The fraction of sp³-hybridized carbons (Fsp3) is 0.393. The molecular weight excluding hydrogens is 452 g/mol. The quantitative estimate of drug-likeness (QED) is 0.469. The molecule has 1 N–H and O–H groups in total. The number of H-pyrrole nitrogens is 1. The second-order valence-electron chi connectivity index (χ2n) is 10.8. The highest BCUT2D eigenvalue weighted by atomic mass is 16.2. The Labute approximate surface area is 210 Å². The van der Waals surface area contributed by atoms with E-state index in [1.165, 1.54) is 11.1 Å². The molecule has 1 aliphatic rings. The summed E-state index contributed by atoms with van der Waals surface area (Å²) in [5, 5.41) is 8.25. The Hall–Kier alpha value is -3.81. The molecule has 1 unspecified atom stereocenters. The number of likely N-dealkylation sites (tertiary alicyclic amines) is 1. The number of amides is 1. The molecule has 2 aromatic heterocycles. The van der Waals surface area contributed by atoms with Crippen LogP contribution in [0.3, 0.4) is 0 Å². The molecule has 36 heavy (non-hydrogen) atoms. The van der Waals surface area contributed by atoms with Crippen molar-refractivity contribution in [2.75, 3.05) is 13.1 Å². The first-order valence-corrected chi connectivity index (χ1v) is 12.5. The molecule has 0 aliphatic carbocycles. The third-order valence-corrected chi connectivity index (χ3v) is 6.94. The van der Waals surface area contributed by atoms with Gasteiger partial charge in [0, 0.05) is 24.6 Å². The summed E-state index contributed by atoms with van der Waals surface area (Å²) in [4.78, 5) is 35.6. The first kappa shape index (κ1) is 23.9. The van der Waals surface area contributed by atoms with Crippen molar-refractivity contribution in [2.24, 2.45) is 0 Å². The zero-order valence-electron chi connectivity index (χ0n) is 21.3. The lowest BCUT2D eigenvalue weighted by molar-refractivity contribution is 0.0704. The minimum atomic E-state index is -0.300. The van der Waals surface area contributed by atoms with Gasteiger partial charge in [0.1, 0.15) is 5.82 Å². The Morgan fingerprint density at radius 1 is 1.08 bits per heavy atom. The largest absolute Gasteiger partial charge is 0.338 e. The number of carbonyl (C=O) groups excluding carboxylic acids is 1. The Morgan fingerprint density at radius 2 is 1.81 bits per heavy atom. The number of rotatable bonds is 4. The second-order valence-corrected chi connectivity index (χ2v) is 10.8. The highest BCUT2D eigenvalue weighted by molar-refractivity contribution is 5.94. The number of aryl methyl sites for hydroxylation is 1. The van der Waals surface area contributed by atoms with Gasteiger partial charge in [0.15, 0.2) is 11.2 Å². The molecule has 5 rings (SSSR count). The number of carbonyl (C=O) groups is 1. The Kier molecular flexibility index (Phi) is 6.20. The van der Waals surface area contributed by atoms with Gasteiger partial charge in [0.2, 0.25) is 0 Å². The number of benzene rings is 2. The first-order chi connectivity index (χ1) is 17.2. The smallest absolute Gasteiger partial charge is 0.281 e.